The molecule has 1 aromatic carbocycles. The average Bonchev–Trinajstić information content (AvgIpc) is 2.89. The van der Waals surface area contributed by atoms with Crippen LogP contribution in [0.15, 0.2) is 48.7 Å². The van der Waals surface area contributed by atoms with Crippen LogP contribution in [0.1, 0.15) is 6.42 Å². The first-order valence-corrected chi connectivity index (χ1v) is 8.00. The Bertz CT molecular complexity index is 737. The van der Waals surface area contributed by atoms with Crippen LogP contribution in [0.2, 0.25) is 0 Å². The summed E-state index contributed by atoms with van der Waals surface area (Å²) < 4.78 is 0. The second-order valence-corrected chi connectivity index (χ2v) is 5.49. The molecule has 0 bridgehead atoms. The van der Waals surface area contributed by atoms with Crippen molar-refractivity contribution in [1.29, 1.82) is 0 Å². The molecule has 0 atom stereocenters. The molecule has 3 rings (SSSR count). The highest BCUT2D eigenvalue weighted by molar-refractivity contribution is 5.89. The van der Waals surface area contributed by atoms with Gasteiger partial charge in [-0.25, -0.2) is 9.59 Å². The minimum atomic E-state index is -1.26. The molecule has 0 spiro atoms. The van der Waals surface area contributed by atoms with Crippen LogP contribution < -0.4 is 10.2 Å². The summed E-state index contributed by atoms with van der Waals surface area (Å²) in [7, 11) is 0. The van der Waals surface area contributed by atoms with Crippen molar-refractivity contribution in [2.45, 2.75) is 6.42 Å². The molecule has 132 valence electrons. The Balaban J connectivity index is 0.000000242. The number of nitrogens with zero attached hydrogens (tertiary/aromatic N) is 2. The van der Waals surface area contributed by atoms with E-state index in [9.17, 15) is 9.59 Å². The third kappa shape index (κ3) is 6.23. The largest absolute Gasteiger partial charge is 0.478 e. The minimum absolute atomic E-state index is 0.558. The van der Waals surface area contributed by atoms with E-state index in [0.29, 0.717) is 12.2 Å². The molecular weight excluding hydrogens is 322 g/mol. The number of aromatic nitrogens is 1. The first-order chi connectivity index (χ1) is 12.1. The highest BCUT2D eigenvalue weighted by Crippen LogP contribution is 2.20. The van der Waals surface area contributed by atoms with Gasteiger partial charge in [0, 0.05) is 37.2 Å². The highest BCUT2D eigenvalue weighted by atomic mass is 16.4. The fraction of sp³-hybridized carbons (Fsp3) is 0.278. The number of aliphatic carboxylic acids is 2. The zero-order chi connectivity index (χ0) is 18.1. The van der Waals surface area contributed by atoms with Crippen molar-refractivity contribution in [2.75, 3.05) is 31.1 Å². The molecule has 7 nitrogen and oxygen atoms in total. The Hall–Kier alpha value is -2.93. The molecule has 2 aromatic rings. The van der Waals surface area contributed by atoms with E-state index in [-0.39, 0.29) is 0 Å². The Kier molecular flexibility index (Phi) is 6.91. The van der Waals surface area contributed by atoms with E-state index in [1.807, 2.05) is 12.3 Å². The minimum Gasteiger partial charge on any atom is -0.478 e. The van der Waals surface area contributed by atoms with Crippen LogP contribution in [-0.4, -0.2) is 53.3 Å². The molecule has 7 heteroatoms. The number of carboxylic acids is 2. The van der Waals surface area contributed by atoms with Crippen molar-refractivity contribution in [3.63, 3.8) is 0 Å². The van der Waals surface area contributed by atoms with Crippen molar-refractivity contribution < 1.29 is 19.8 Å². The topological polar surface area (TPSA) is 103 Å². The lowest BCUT2D eigenvalue weighted by Gasteiger charge is -2.22. The van der Waals surface area contributed by atoms with Crippen LogP contribution in [0.3, 0.4) is 0 Å². The fourth-order valence-corrected chi connectivity index (χ4v) is 2.48. The SMILES string of the molecule is O=C(O)/C=C/C(=O)O.c1ccc2ncc(N3CCCNCC3)cc2c1. The van der Waals surface area contributed by atoms with Gasteiger partial charge >= 0.3 is 11.9 Å². The summed E-state index contributed by atoms with van der Waals surface area (Å²) in [6, 6.07) is 10.5. The second kappa shape index (κ2) is 9.39. The molecule has 0 aliphatic carbocycles. The van der Waals surface area contributed by atoms with Gasteiger partial charge in [0.2, 0.25) is 0 Å². The first kappa shape index (κ1) is 18.4. The van der Waals surface area contributed by atoms with Crippen molar-refractivity contribution in [3.8, 4) is 0 Å². The van der Waals surface area contributed by atoms with E-state index in [4.69, 9.17) is 10.2 Å². The zero-order valence-corrected chi connectivity index (χ0v) is 13.8. The van der Waals surface area contributed by atoms with Gasteiger partial charge in [0.25, 0.3) is 0 Å². The van der Waals surface area contributed by atoms with Crippen LogP contribution in [0.4, 0.5) is 5.69 Å². The summed E-state index contributed by atoms with van der Waals surface area (Å²) >= 11 is 0. The van der Waals surface area contributed by atoms with Crippen LogP contribution in [-0.2, 0) is 9.59 Å². The lowest BCUT2D eigenvalue weighted by Crippen LogP contribution is -2.27. The normalized spacial score (nSPS) is 14.6. The van der Waals surface area contributed by atoms with Gasteiger partial charge in [-0.3, -0.25) is 4.98 Å². The number of nitrogens with one attached hydrogen (secondary N) is 1. The molecule has 3 N–H and O–H groups in total. The Morgan fingerprint density at radius 2 is 1.80 bits per heavy atom. The third-order valence-corrected chi connectivity index (χ3v) is 3.65. The lowest BCUT2D eigenvalue weighted by molar-refractivity contribution is -0.134. The molecule has 0 amide bonds. The number of carbonyl (C=O) groups is 2. The van der Waals surface area contributed by atoms with Crippen LogP contribution in [0.5, 0.6) is 0 Å². The molecule has 2 heterocycles. The number of hydrogen-bond acceptors (Lipinski definition) is 5. The zero-order valence-electron chi connectivity index (χ0n) is 13.8. The highest BCUT2D eigenvalue weighted by Gasteiger charge is 2.10. The van der Waals surface area contributed by atoms with Crippen molar-refractivity contribution >= 4 is 28.5 Å². The van der Waals surface area contributed by atoms with Gasteiger partial charge in [-0.1, -0.05) is 18.2 Å². The van der Waals surface area contributed by atoms with Gasteiger partial charge in [0.1, 0.15) is 0 Å². The Morgan fingerprint density at radius 3 is 2.52 bits per heavy atom. The maximum atomic E-state index is 9.55. The van der Waals surface area contributed by atoms with E-state index < -0.39 is 11.9 Å². The maximum absolute atomic E-state index is 9.55. The van der Waals surface area contributed by atoms with Gasteiger partial charge in [-0.05, 0) is 25.1 Å². The van der Waals surface area contributed by atoms with Crippen molar-refractivity contribution in [3.05, 3.63) is 48.7 Å². The standard InChI is InChI=1S/C14H17N3.C4H4O4/c1-2-5-14-12(4-1)10-13(11-16-14)17-8-3-6-15-7-9-17;5-3(6)1-2-4(7)8/h1-2,4-5,10-11,15H,3,6-9H2;1-2H,(H,5,6)(H,7,8)/b;2-1+. The monoisotopic (exact) mass is 343 g/mol. The van der Waals surface area contributed by atoms with Gasteiger partial charge in [-0.15, -0.1) is 0 Å². The van der Waals surface area contributed by atoms with E-state index in [1.54, 1.807) is 0 Å². The molecular formula is C18H21N3O4. The van der Waals surface area contributed by atoms with E-state index in [1.165, 1.54) is 17.5 Å². The van der Waals surface area contributed by atoms with Gasteiger partial charge in [-0.2, -0.15) is 0 Å². The van der Waals surface area contributed by atoms with E-state index in [0.717, 1.165) is 31.7 Å². The molecule has 0 radical (unpaired) electrons. The average molecular weight is 343 g/mol. The lowest BCUT2D eigenvalue weighted by atomic mass is 10.2. The third-order valence-electron chi connectivity index (χ3n) is 3.65. The first-order valence-electron chi connectivity index (χ1n) is 8.00. The summed E-state index contributed by atoms with van der Waals surface area (Å²) in [5, 5.41) is 20.3. The number of anilines is 1. The number of hydrogen-bond donors (Lipinski definition) is 3. The summed E-state index contributed by atoms with van der Waals surface area (Å²) in [6.45, 7) is 4.37. The molecule has 1 aromatic heterocycles. The number of pyridine rings is 1. The Morgan fingerprint density at radius 1 is 1.08 bits per heavy atom. The number of fused-ring (bicyclic) bond motifs is 1. The van der Waals surface area contributed by atoms with Gasteiger partial charge in [0.05, 0.1) is 17.4 Å². The molecule has 0 saturated carbocycles. The maximum Gasteiger partial charge on any atom is 0.328 e. The van der Waals surface area contributed by atoms with Crippen molar-refractivity contribution in [1.82, 2.24) is 10.3 Å². The molecule has 1 aliphatic heterocycles. The van der Waals surface area contributed by atoms with Crippen LogP contribution >= 0.6 is 0 Å². The summed E-state index contributed by atoms with van der Waals surface area (Å²) in [5.41, 5.74) is 2.32. The molecule has 1 saturated heterocycles. The van der Waals surface area contributed by atoms with Crippen molar-refractivity contribution in [2.24, 2.45) is 0 Å². The predicted molar refractivity (Wildman–Crippen MR) is 95.9 cm³/mol. The van der Waals surface area contributed by atoms with Gasteiger partial charge < -0.3 is 20.4 Å². The van der Waals surface area contributed by atoms with Crippen LogP contribution in [0, 0.1) is 0 Å². The molecule has 0 unspecified atom stereocenters. The number of carboxylic acid groups (broad SMARTS) is 2. The van der Waals surface area contributed by atoms with Gasteiger partial charge in [0.15, 0.2) is 0 Å². The summed E-state index contributed by atoms with van der Waals surface area (Å²) in [4.78, 5) is 26.0. The van der Waals surface area contributed by atoms with E-state index >= 15 is 0 Å². The van der Waals surface area contributed by atoms with E-state index in [2.05, 4.69) is 39.5 Å². The quantitative estimate of drug-likeness (QED) is 0.730. The molecule has 1 aliphatic rings. The Labute approximate surface area is 145 Å². The summed E-state index contributed by atoms with van der Waals surface area (Å²) in [6.07, 6.45) is 4.31. The number of rotatable bonds is 3. The summed E-state index contributed by atoms with van der Waals surface area (Å²) in [5.74, 6) is -2.51. The molecule has 25 heavy (non-hydrogen) atoms. The molecule has 1 fully saturated rings. The predicted octanol–water partition coefficient (Wildman–Crippen LogP) is 1.75. The smallest absolute Gasteiger partial charge is 0.328 e. The van der Waals surface area contributed by atoms with Crippen LogP contribution in [0.25, 0.3) is 10.9 Å². The number of para-hydroxylation sites is 1. The second-order valence-electron chi connectivity index (χ2n) is 5.49. The number of benzene rings is 1. The fourth-order valence-electron chi connectivity index (χ4n) is 2.48.